The van der Waals surface area contributed by atoms with E-state index in [0.717, 1.165) is 11.4 Å². The number of halogens is 2. The number of fused-ring (bicyclic) bond motifs is 1. The van der Waals surface area contributed by atoms with E-state index in [2.05, 4.69) is 10.3 Å². The number of anilines is 2. The molecule has 0 spiro atoms. The van der Waals surface area contributed by atoms with Gasteiger partial charge in [0.25, 0.3) is 0 Å². The molecule has 1 amide bonds. The monoisotopic (exact) mass is 307 g/mol. The Balaban J connectivity index is 1.95. The van der Waals surface area contributed by atoms with Crippen LogP contribution in [0.2, 0.25) is 10.2 Å². The van der Waals surface area contributed by atoms with E-state index in [0.29, 0.717) is 22.4 Å². The smallest absolute Gasteiger partial charge is 0.243 e. The van der Waals surface area contributed by atoms with Crippen LogP contribution in [0, 0.1) is 0 Å². The first kappa shape index (κ1) is 13.2. The molecule has 4 nitrogen and oxygen atoms in total. The van der Waals surface area contributed by atoms with Gasteiger partial charge in [-0.1, -0.05) is 35.3 Å². The third-order valence-corrected chi connectivity index (χ3v) is 3.63. The molecule has 2 heterocycles. The maximum Gasteiger partial charge on any atom is 0.243 e. The molecule has 0 aliphatic carbocycles. The van der Waals surface area contributed by atoms with Crippen LogP contribution in [0.25, 0.3) is 0 Å². The topological polar surface area (TPSA) is 45.2 Å². The van der Waals surface area contributed by atoms with Crippen LogP contribution >= 0.6 is 23.2 Å². The van der Waals surface area contributed by atoms with E-state index in [4.69, 9.17) is 23.2 Å². The Labute approximate surface area is 126 Å². The van der Waals surface area contributed by atoms with Crippen LogP contribution in [0.1, 0.15) is 5.69 Å². The lowest BCUT2D eigenvalue weighted by Crippen LogP contribution is -2.37. The third kappa shape index (κ3) is 2.57. The fourth-order valence-corrected chi connectivity index (χ4v) is 2.52. The van der Waals surface area contributed by atoms with Crippen LogP contribution in [-0.4, -0.2) is 17.4 Å². The van der Waals surface area contributed by atoms with Gasteiger partial charge in [-0.15, -0.1) is 0 Å². The van der Waals surface area contributed by atoms with E-state index in [1.54, 1.807) is 12.1 Å². The van der Waals surface area contributed by atoms with Gasteiger partial charge in [-0.05, 0) is 24.3 Å². The third-order valence-electron chi connectivity index (χ3n) is 3.08. The van der Waals surface area contributed by atoms with Crippen molar-refractivity contribution in [1.82, 2.24) is 4.98 Å². The van der Waals surface area contributed by atoms with E-state index in [1.165, 1.54) is 0 Å². The summed E-state index contributed by atoms with van der Waals surface area (Å²) in [5.74, 6) is -0.0538. The number of aromatic nitrogens is 1. The summed E-state index contributed by atoms with van der Waals surface area (Å²) >= 11 is 12.0. The lowest BCUT2D eigenvalue weighted by atomic mass is 10.2. The molecular weight excluding hydrogens is 297 g/mol. The van der Waals surface area contributed by atoms with Gasteiger partial charge < -0.3 is 10.2 Å². The van der Waals surface area contributed by atoms with Gasteiger partial charge in [-0.3, -0.25) is 4.79 Å². The van der Waals surface area contributed by atoms with E-state index in [1.807, 2.05) is 29.2 Å². The number of nitrogens with one attached hydrogen (secondary N) is 1. The summed E-state index contributed by atoms with van der Waals surface area (Å²) in [4.78, 5) is 17.9. The van der Waals surface area contributed by atoms with Gasteiger partial charge in [0.2, 0.25) is 5.91 Å². The van der Waals surface area contributed by atoms with E-state index in [-0.39, 0.29) is 12.5 Å². The SMILES string of the molecule is O=C1CN(Cc2nc(Cl)ccc2Cl)c2ccccc2N1. The molecule has 0 unspecified atom stereocenters. The fraction of sp³-hybridized carbons (Fsp3) is 0.143. The molecule has 0 atom stereocenters. The molecule has 102 valence electrons. The molecule has 0 bridgehead atoms. The van der Waals surface area contributed by atoms with Crippen molar-refractivity contribution in [1.29, 1.82) is 0 Å². The minimum absolute atomic E-state index is 0.0538. The Morgan fingerprint density at radius 3 is 2.85 bits per heavy atom. The molecule has 1 aromatic heterocycles. The number of pyridine rings is 1. The highest BCUT2D eigenvalue weighted by Gasteiger charge is 2.22. The normalized spacial score (nSPS) is 13.9. The van der Waals surface area contributed by atoms with Gasteiger partial charge in [0.1, 0.15) is 5.15 Å². The first-order valence-corrected chi connectivity index (χ1v) is 6.84. The molecule has 1 aromatic carbocycles. The van der Waals surface area contributed by atoms with Gasteiger partial charge in [-0.2, -0.15) is 0 Å². The summed E-state index contributed by atoms with van der Waals surface area (Å²) in [6.07, 6.45) is 0. The lowest BCUT2D eigenvalue weighted by molar-refractivity contribution is -0.115. The molecule has 0 saturated carbocycles. The summed E-state index contributed by atoms with van der Waals surface area (Å²) in [7, 11) is 0. The maximum atomic E-state index is 11.7. The predicted molar refractivity (Wildman–Crippen MR) is 80.4 cm³/mol. The summed E-state index contributed by atoms with van der Waals surface area (Å²) < 4.78 is 0. The summed E-state index contributed by atoms with van der Waals surface area (Å²) in [6.45, 7) is 0.700. The van der Waals surface area contributed by atoms with Crippen LogP contribution in [0.15, 0.2) is 36.4 Å². The number of nitrogens with zero attached hydrogens (tertiary/aromatic N) is 2. The fourth-order valence-electron chi connectivity index (χ4n) is 2.19. The minimum Gasteiger partial charge on any atom is -0.355 e. The van der Waals surface area contributed by atoms with Crippen molar-refractivity contribution in [3.63, 3.8) is 0 Å². The molecule has 1 aliphatic rings. The Kier molecular flexibility index (Phi) is 3.51. The number of hydrogen-bond donors (Lipinski definition) is 1. The Morgan fingerprint density at radius 2 is 2.00 bits per heavy atom. The standard InChI is InChI=1S/C14H11Cl2N3O/c15-9-5-6-13(16)17-11(9)7-19-8-14(20)18-10-3-1-2-4-12(10)19/h1-6H,7-8H2,(H,18,20). The molecule has 2 aromatic rings. The number of rotatable bonds is 2. The van der Waals surface area contributed by atoms with Crippen LogP contribution in [-0.2, 0) is 11.3 Å². The van der Waals surface area contributed by atoms with Gasteiger partial charge in [0, 0.05) is 0 Å². The molecule has 6 heteroatoms. The van der Waals surface area contributed by atoms with Crippen molar-refractivity contribution in [3.05, 3.63) is 52.3 Å². The van der Waals surface area contributed by atoms with Crippen molar-refractivity contribution < 1.29 is 4.79 Å². The molecule has 1 N–H and O–H groups in total. The van der Waals surface area contributed by atoms with Crippen LogP contribution in [0.5, 0.6) is 0 Å². The number of benzene rings is 1. The van der Waals surface area contributed by atoms with Crippen molar-refractivity contribution in [3.8, 4) is 0 Å². The number of carbonyl (C=O) groups is 1. The minimum atomic E-state index is -0.0538. The first-order chi connectivity index (χ1) is 9.63. The summed E-state index contributed by atoms with van der Waals surface area (Å²) in [5, 5.41) is 3.77. The second-order valence-corrected chi connectivity index (χ2v) is 5.28. The molecule has 20 heavy (non-hydrogen) atoms. The highest BCUT2D eigenvalue weighted by atomic mass is 35.5. The van der Waals surface area contributed by atoms with Gasteiger partial charge in [0.15, 0.2) is 0 Å². The predicted octanol–water partition coefficient (Wildman–Crippen LogP) is 3.35. The van der Waals surface area contributed by atoms with Crippen molar-refractivity contribution in [2.75, 3.05) is 16.8 Å². The number of amides is 1. The number of carbonyl (C=O) groups excluding carboxylic acids is 1. The average molecular weight is 308 g/mol. The quantitative estimate of drug-likeness (QED) is 0.865. The van der Waals surface area contributed by atoms with Gasteiger partial charge >= 0.3 is 0 Å². The Bertz CT molecular complexity index is 675. The van der Waals surface area contributed by atoms with Gasteiger partial charge in [0.05, 0.1) is 35.2 Å². The summed E-state index contributed by atoms with van der Waals surface area (Å²) in [5.41, 5.74) is 2.40. The Hall–Kier alpha value is -1.78. The molecule has 1 aliphatic heterocycles. The molecule has 0 saturated heterocycles. The zero-order valence-corrected chi connectivity index (χ0v) is 11.9. The van der Waals surface area contributed by atoms with E-state index < -0.39 is 0 Å². The molecule has 0 fully saturated rings. The first-order valence-electron chi connectivity index (χ1n) is 6.08. The molecular formula is C14H11Cl2N3O. The number of para-hydroxylation sites is 2. The van der Waals surface area contributed by atoms with Crippen LogP contribution < -0.4 is 10.2 Å². The second-order valence-electron chi connectivity index (χ2n) is 4.48. The van der Waals surface area contributed by atoms with E-state index >= 15 is 0 Å². The van der Waals surface area contributed by atoms with Crippen LogP contribution in [0.3, 0.4) is 0 Å². The highest BCUT2D eigenvalue weighted by molar-refractivity contribution is 6.32. The number of hydrogen-bond acceptors (Lipinski definition) is 3. The van der Waals surface area contributed by atoms with Crippen molar-refractivity contribution in [2.24, 2.45) is 0 Å². The molecule has 0 radical (unpaired) electrons. The molecule has 3 rings (SSSR count). The maximum absolute atomic E-state index is 11.7. The van der Waals surface area contributed by atoms with Crippen LogP contribution in [0.4, 0.5) is 11.4 Å². The van der Waals surface area contributed by atoms with Crippen molar-refractivity contribution >= 4 is 40.5 Å². The zero-order valence-electron chi connectivity index (χ0n) is 10.4. The van der Waals surface area contributed by atoms with Gasteiger partial charge in [-0.25, -0.2) is 4.98 Å². The highest BCUT2D eigenvalue weighted by Crippen LogP contribution is 2.31. The second kappa shape index (κ2) is 5.31. The average Bonchev–Trinajstić information content (AvgIpc) is 2.43. The van der Waals surface area contributed by atoms with E-state index in [9.17, 15) is 4.79 Å². The Morgan fingerprint density at radius 1 is 1.20 bits per heavy atom. The summed E-state index contributed by atoms with van der Waals surface area (Å²) in [6, 6.07) is 11.0. The zero-order chi connectivity index (χ0) is 14.1. The van der Waals surface area contributed by atoms with Crippen molar-refractivity contribution in [2.45, 2.75) is 6.54 Å². The lowest BCUT2D eigenvalue weighted by Gasteiger charge is -2.30. The largest absolute Gasteiger partial charge is 0.355 e.